The first-order valence-electron chi connectivity index (χ1n) is 8.63. The number of nitrogens with zero attached hydrogens (tertiary/aromatic N) is 3. The lowest BCUT2D eigenvalue weighted by molar-refractivity contribution is 0.515. The van der Waals surface area contributed by atoms with Gasteiger partial charge in [0.05, 0.1) is 5.75 Å². The molecule has 3 heterocycles. The Hall–Kier alpha value is -2.22. The summed E-state index contributed by atoms with van der Waals surface area (Å²) in [6.45, 7) is 1.50. The Morgan fingerprint density at radius 3 is 2.42 bits per heavy atom. The van der Waals surface area contributed by atoms with E-state index >= 15 is 4.39 Å². The van der Waals surface area contributed by atoms with Crippen LogP contribution in [-0.4, -0.2) is 38.8 Å². The lowest BCUT2D eigenvalue weighted by Crippen LogP contribution is -2.37. The molecular formula is C18H19F2N3O2S. The Bertz CT molecular complexity index is 929. The van der Waals surface area contributed by atoms with Gasteiger partial charge in [-0.3, -0.25) is 0 Å². The molecule has 0 radical (unpaired) electrons. The molecule has 1 aromatic carbocycles. The van der Waals surface area contributed by atoms with Crippen molar-refractivity contribution < 1.29 is 17.2 Å². The fourth-order valence-electron chi connectivity index (χ4n) is 3.60. The number of halogens is 2. The van der Waals surface area contributed by atoms with E-state index < -0.39 is 26.5 Å². The Kier molecular flexibility index (Phi) is 4.30. The van der Waals surface area contributed by atoms with Crippen molar-refractivity contribution in [1.29, 1.82) is 0 Å². The first kappa shape index (κ1) is 17.2. The van der Waals surface area contributed by atoms with Gasteiger partial charge in [-0.1, -0.05) is 30.3 Å². The van der Waals surface area contributed by atoms with Crippen molar-refractivity contribution in [2.24, 2.45) is 0 Å². The van der Waals surface area contributed by atoms with E-state index in [0.29, 0.717) is 19.6 Å². The van der Waals surface area contributed by atoms with E-state index in [9.17, 15) is 12.8 Å². The van der Waals surface area contributed by atoms with Gasteiger partial charge < -0.3 is 9.80 Å². The van der Waals surface area contributed by atoms with Crippen LogP contribution in [0.1, 0.15) is 18.4 Å². The molecule has 1 fully saturated rings. The maximum Gasteiger partial charge on any atom is 0.239 e. The zero-order valence-electron chi connectivity index (χ0n) is 14.2. The molecule has 4 rings (SSSR count). The quantitative estimate of drug-likeness (QED) is 0.768. The number of aromatic nitrogens is 1. The van der Waals surface area contributed by atoms with Crippen molar-refractivity contribution in [2.75, 3.05) is 35.2 Å². The minimum atomic E-state index is -3.90. The number of anilines is 2. The maximum absolute atomic E-state index is 15.1. The van der Waals surface area contributed by atoms with Gasteiger partial charge in [0, 0.05) is 26.2 Å². The molecule has 26 heavy (non-hydrogen) atoms. The molecule has 0 unspecified atom stereocenters. The normalized spacial score (nSPS) is 18.8. The highest BCUT2D eigenvalue weighted by molar-refractivity contribution is 7.91. The Labute approximate surface area is 151 Å². The summed E-state index contributed by atoms with van der Waals surface area (Å²) in [5, 5.41) is 0. The van der Waals surface area contributed by atoms with Gasteiger partial charge in [0.25, 0.3) is 0 Å². The van der Waals surface area contributed by atoms with Crippen LogP contribution in [-0.2, 0) is 16.4 Å². The summed E-state index contributed by atoms with van der Waals surface area (Å²) in [7, 11) is -3.90. The number of pyridine rings is 1. The second kappa shape index (κ2) is 6.50. The van der Waals surface area contributed by atoms with Gasteiger partial charge in [0.2, 0.25) is 5.95 Å². The van der Waals surface area contributed by atoms with Crippen LogP contribution in [0.2, 0.25) is 0 Å². The molecule has 2 aromatic rings. The minimum absolute atomic E-state index is 0.103. The van der Waals surface area contributed by atoms with Crippen LogP contribution in [0.4, 0.5) is 20.3 Å². The number of rotatable bonds is 3. The molecule has 1 aromatic heterocycles. The van der Waals surface area contributed by atoms with E-state index in [1.807, 2.05) is 30.3 Å². The van der Waals surface area contributed by atoms with Gasteiger partial charge in [-0.25, -0.2) is 12.8 Å². The monoisotopic (exact) mass is 379 g/mol. The molecule has 8 heteroatoms. The summed E-state index contributed by atoms with van der Waals surface area (Å²) in [6.07, 6.45) is 1.71. The molecule has 0 amide bonds. The highest BCUT2D eigenvalue weighted by atomic mass is 32.2. The van der Waals surface area contributed by atoms with Crippen molar-refractivity contribution in [3.8, 4) is 0 Å². The number of benzene rings is 1. The van der Waals surface area contributed by atoms with Crippen LogP contribution in [0.15, 0.2) is 35.2 Å². The second-order valence-corrected chi connectivity index (χ2v) is 8.68. The number of fused-ring (bicyclic) bond motifs is 1. The molecule has 0 aliphatic carbocycles. The van der Waals surface area contributed by atoms with E-state index in [1.54, 1.807) is 9.80 Å². The van der Waals surface area contributed by atoms with E-state index in [1.165, 1.54) is 0 Å². The van der Waals surface area contributed by atoms with E-state index in [2.05, 4.69) is 4.98 Å². The van der Waals surface area contributed by atoms with Gasteiger partial charge >= 0.3 is 0 Å². The summed E-state index contributed by atoms with van der Waals surface area (Å²) in [6, 6.07) is 9.29. The molecular weight excluding hydrogens is 360 g/mol. The van der Waals surface area contributed by atoms with Crippen LogP contribution in [0.5, 0.6) is 0 Å². The predicted molar refractivity (Wildman–Crippen MR) is 95.1 cm³/mol. The van der Waals surface area contributed by atoms with Crippen molar-refractivity contribution in [2.45, 2.75) is 24.3 Å². The third-order valence-electron chi connectivity index (χ3n) is 4.89. The summed E-state index contributed by atoms with van der Waals surface area (Å²) in [5.74, 6) is -2.29. The molecule has 0 N–H and O–H groups in total. The van der Waals surface area contributed by atoms with Gasteiger partial charge in [-0.15, -0.1) is 0 Å². The fourth-order valence-corrected chi connectivity index (χ4v) is 5.13. The van der Waals surface area contributed by atoms with Crippen molar-refractivity contribution in [1.82, 2.24) is 4.98 Å². The van der Waals surface area contributed by atoms with Crippen LogP contribution in [0, 0.1) is 11.8 Å². The summed E-state index contributed by atoms with van der Waals surface area (Å²) < 4.78 is 55.0. The van der Waals surface area contributed by atoms with Gasteiger partial charge in [0.1, 0.15) is 10.6 Å². The topological polar surface area (TPSA) is 53.5 Å². The molecule has 2 aliphatic heterocycles. The van der Waals surface area contributed by atoms with Gasteiger partial charge in [-0.2, -0.15) is 9.37 Å². The van der Waals surface area contributed by atoms with Crippen molar-refractivity contribution in [3.63, 3.8) is 0 Å². The lowest BCUT2D eigenvalue weighted by Gasteiger charge is -2.32. The van der Waals surface area contributed by atoms with E-state index in [4.69, 9.17) is 0 Å². The number of hydrogen-bond acceptors (Lipinski definition) is 5. The molecule has 0 bridgehead atoms. The molecule has 0 saturated carbocycles. The number of sulfone groups is 1. The standard InChI is InChI=1S/C18H19F2N3O2S/c19-14-16-15(17(20)21-18(14)22-8-4-5-9-22)23(10-11-26(16,24)25)12-13-6-2-1-3-7-13/h1-3,6-7H,4-5,8-12H2. The summed E-state index contributed by atoms with van der Waals surface area (Å²) in [4.78, 5) is 6.43. The maximum atomic E-state index is 15.1. The minimum Gasteiger partial charge on any atom is -0.361 e. The van der Waals surface area contributed by atoms with Crippen LogP contribution in [0.3, 0.4) is 0 Å². The highest BCUT2D eigenvalue weighted by Crippen LogP contribution is 2.39. The van der Waals surface area contributed by atoms with Crippen LogP contribution < -0.4 is 9.80 Å². The lowest BCUT2D eigenvalue weighted by atomic mass is 10.2. The fraction of sp³-hybridized carbons (Fsp3) is 0.389. The largest absolute Gasteiger partial charge is 0.361 e. The third-order valence-corrected chi connectivity index (χ3v) is 6.60. The smallest absolute Gasteiger partial charge is 0.239 e. The molecule has 0 spiro atoms. The second-order valence-electron chi connectivity index (χ2n) is 6.64. The van der Waals surface area contributed by atoms with Gasteiger partial charge in [-0.05, 0) is 18.4 Å². The third kappa shape index (κ3) is 2.92. The van der Waals surface area contributed by atoms with Crippen LogP contribution >= 0.6 is 0 Å². The average Bonchev–Trinajstić information content (AvgIpc) is 3.14. The molecule has 2 aliphatic rings. The van der Waals surface area contributed by atoms with E-state index in [-0.39, 0.29) is 23.8 Å². The first-order valence-corrected chi connectivity index (χ1v) is 10.3. The van der Waals surface area contributed by atoms with Crippen LogP contribution in [0.25, 0.3) is 0 Å². The molecule has 138 valence electrons. The van der Waals surface area contributed by atoms with Gasteiger partial charge in [0.15, 0.2) is 21.5 Å². The van der Waals surface area contributed by atoms with E-state index in [0.717, 1.165) is 18.4 Å². The number of hydrogen-bond donors (Lipinski definition) is 0. The average molecular weight is 379 g/mol. The predicted octanol–water partition coefficient (Wildman–Crippen LogP) is 2.75. The Morgan fingerprint density at radius 1 is 1.04 bits per heavy atom. The molecule has 0 atom stereocenters. The SMILES string of the molecule is O=S1(=O)CCN(Cc2ccccc2)c2c(F)nc(N3CCCC3)c(F)c21. The summed E-state index contributed by atoms with van der Waals surface area (Å²) >= 11 is 0. The molecule has 5 nitrogen and oxygen atoms in total. The Morgan fingerprint density at radius 2 is 1.73 bits per heavy atom. The zero-order valence-corrected chi connectivity index (χ0v) is 15.0. The highest BCUT2D eigenvalue weighted by Gasteiger charge is 2.38. The Balaban J connectivity index is 1.82. The van der Waals surface area contributed by atoms with Crippen molar-refractivity contribution >= 4 is 21.3 Å². The molecule has 1 saturated heterocycles. The first-order chi connectivity index (χ1) is 12.5. The summed E-state index contributed by atoms with van der Waals surface area (Å²) in [5.41, 5.74) is 0.640. The zero-order chi connectivity index (χ0) is 18.3. The van der Waals surface area contributed by atoms with Crippen molar-refractivity contribution in [3.05, 3.63) is 47.7 Å².